The first kappa shape index (κ1) is 11.8. The van der Waals surface area contributed by atoms with Gasteiger partial charge in [0.25, 0.3) is 0 Å². The lowest BCUT2D eigenvalue weighted by atomic mass is 10.1. The average Bonchev–Trinajstić information content (AvgIpc) is 2.20. The van der Waals surface area contributed by atoms with Crippen LogP contribution in [0.15, 0.2) is 12.3 Å². The second-order valence-corrected chi connectivity index (χ2v) is 4.25. The molecule has 0 spiro atoms. The third-order valence-electron chi connectivity index (χ3n) is 2.03. The average molecular weight is 224 g/mol. The molecule has 0 aliphatic carbocycles. The predicted octanol–water partition coefficient (Wildman–Crippen LogP) is 3.01. The molecule has 0 aromatic carbocycles. The minimum atomic E-state index is -0.597. The zero-order valence-corrected chi connectivity index (χ0v) is 9.89. The Hall–Kier alpha value is -1.27. The molecule has 0 saturated carbocycles. The van der Waals surface area contributed by atoms with Crippen LogP contribution in [0.5, 0.6) is 0 Å². The van der Waals surface area contributed by atoms with Crippen molar-refractivity contribution in [2.45, 2.75) is 32.7 Å². The smallest absolute Gasteiger partial charge is 0.132 e. The minimum absolute atomic E-state index is 0.526. The van der Waals surface area contributed by atoms with E-state index in [4.69, 9.17) is 16.9 Å². The fourth-order valence-corrected chi connectivity index (χ4v) is 1.44. The van der Waals surface area contributed by atoms with Crippen molar-refractivity contribution in [1.82, 2.24) is 4.98 Å². The molecule has 0 fully saturated rings. The fourth-order valence-electron chi connectivity index (χ4n) is 1.20. The van der Waals surface area contributed by atoms with E-state index in [1.807, 2.05) is 26.8 Å². The molecular formula is C11H14ClN3. The molecule has 1 aromatic heterocycles. The molecule has 1 aromatic rings. The SMILES string of the molecule is CCc1cc(NC(C)(C)C#N)cnc1Cl. The molecule has 1 heterocycles. The summed E-state index contributed by atoms with van der Waals surface area (Å²) < 4.78 is 0. The third-order valence-corrected chi connectivity index (χ3v) is 2.37. The van der Waals surface area contributed by atoms with E-state index in [0.29, 0.717) is 5.15 Å². The zero-order valence-electron chi connectivity index (χ0n) is 9.13. The van der Waals surface area contributed by atoms with Crippen LogP contribution in [0.4, 0.5) is 5.69 Å². The standard InChI is InChI=1S/C11H14ClN3/c1-4-8-5-9(6-14-10(8)12)15-11(2,3)7-13/h5-6,15H,4H2,1-3H3. The Morgan fingerprint density at radius 1 is 1.60 bits per heavy atom. The van der Waals surface area contributed by atoms with Gasteiger partial charge in [0.2, 0.25) is 0 Å². The molecule has 15 heavy (non-hydrogen) atoms. The van der Waals surface area contributed by atoms with Crippen LogP contribution in [0.2, 0.25) is 5.15 Å². The molecule has 0 aliphatic heterocycles. The summed E-state index contributed by atoms with van der Waals surface area (Å²) in [6.45, 7) is 5.64. The molecule has 0 atom stereocenters. The van der Waals surface area contributed by atoms with Gasteiger partial charge in [-0.3, -0.25) is 0 Å². The predicted molar refractivity (Wildman–Crippen MR) is 61.9 cm³/mol. The van der Waals surface area contributed by atoms with E-state index in [9.17, 15) is 0 Å². The van der Waals surface area contributed by atoms with Gasteiger partial charge >= 0.3 is 0 Å². The van der Waals surface area contributed by atoms with E-state index >= 15 is 0 Å². The summed E-state index contributed by atoms with van der Waals surface area (Å²) in [6, 6.07) is 4.10. The van der Waals surface area contributed by atoms with Crippen LogP contribution in [0, 0.1) is 11.3 Å². The first-order valence-corrected chi connectivity index (χ1v) is 5.20. The monoisotopic (exact) mass is 223 g/mol. The number of pyridine rings is 1. The van der Waals surface area contributed by atoms with Crippen LogP contribution >= 0.6 is 11.6 Å². The van der Waals surface area contributed by atoms with E-state index < -0.39 is 5.54 Å². The Labute approximate surface area is 95.1 Å². The summed E-state index contributed by atoms with van der Waals surface area (Å²) in [7, 11) is 0. The summed E-state index contributed by atoms with van der Waals surface area (Å²) in [5.41, 5.74) is 1.21. The van der Waals surface area contributed by atoms with Crippen molar-refractivity contribution in [2.75, 3.05) is 5.32 Å². The maximum absolute atomic E-state index is 8.88. The molecule has 1 rings (SSSR count). The van der Waals surface area contributed by atoms with Gasteiger partial charge in [-0.1, -0.05) is 18.5 Å². The maximum Gasteiger partial charge on any atom is 0.132 e. The highest BCUT2D eigenvalue weighted by Crippen LogP contribution is 2.20. The van der Waals surface area contributed by atoms with Gasteiger partial charge in [-0.05, 0) is 31.9 Å². The zero-order chi connectivity index (χ0) is 11.5. The molecule has 4 heteroatoms. The number of anilines is 1. The van der Waals surface area contributed by atoms with Gasteiger partial charge in [0.05, 0.1) is 18.0 Å². The van der Waals surface area contributed by atoms with E-state index in [1.165, 1.54) is 0 Å². The summed E-state index contributed by atoms with van der Waals surface area (Å²) in [5.74, 6) is 0. The van der Waals surface area contributed by atoms with Gasteiger partial charge < -0.3 is 5.32 Å². The number of hydrogen-bond acceptors (Lipinski definition) is 3. The number of halogens is 1. The number of rotatable bonds is 3. The Kier molecular flexibility index (Phi) is 3.54. The van der Waals surface area contributed by atoms with Gasteiger partial charge in [0, 0.05) is 0 Å². The van der Waals surface area contributed by atoms with E-state index in [2.05, 4.69) is 16.4 Å². The lowest BCUT2D eigenvalue weighted by Crippen LogP contribution is -2.28. The highest BCUT2D eigenvalue weighted by Gasteiger charge is 2.16. The van der Waals surface area contributed by atoms with Crippen molar-refractivity contribution in [3.63, 3.8) is 0 Å². The lowest BCUT2D eigenvalue weighted by Gasteiger charge is -2.19. The Balaban J connectivity index is 2.94. The number of aryl methyl sites for hydroxylation is 1. The highest BCUT2D eigenvalue weighted by atomic mass is 35.5. The summed E-state index contributed by atoms with van der Waals surface area (Å²) in [6.07, 6.45) is 2.47. The first-order valence-electron chi connectivity index (χ1n) is 4.82. The number of aromatic nitrogens is 1. The van der Waals surface area contributed by atoms with Crippen molar-refractivity contribution in [2.24, 2.45) is 0 Å². The number of nitrogens with one attached hydrogen (secondary N) is 1. The molecule has 0 bridgehead atoms. The Morgan fingerprint density at radius 2 is 2.27 bits per heavy atom. The van der Waals surface area contributed by atoms with Crippen molar-refractivity contribution < 1.29 is 0 Å². The summed E-state index contributed by atoms with van der Waals surface area (Å²) in [4.78, 5) is 4.06. The van der Waals surface area contributed by atoms with E-state index in [-0.39, 0.29) is 0 Å². The topological polar surface area (TPSA) is 48.7 Å². The molecule has 0 radical (unpaired) electrons. The van der Waals surface area contributed by atoms with Gasteiger partial charge in [0.1, 0.15) is 10.7 Å². The van der Waals surface area contributed by atoms with Gasteiger partial charge in [0.15, 0.2) is 0 Å². The van der Waals surface area contributed by atoms with Crippen LogP contribution in [-0.4, -0.2) is 10.5 Å². The molecule has 3 nitrogen and oxygen atoms in total. The van der Waals surface area contributed by atoms with E-state index in [1.54, 1.807) is 6.20 Å². The highest BCUT2D eigenvalue weighted by molar-refractivity contribution is 6.30. The lowest BCUT2D eigenvalue weighted by molar-refractivity contribution is 0.727. The van der Waals surface area contributed by atoms with Crippen molar-refractivity contribution >= 4 is 17.3 Å². The van der Waals surface area contributed by atoms with Crippen molar-refractivity contribution in [1.29, 1.82) is 5.26 Å². The van der Waals surface area contributed by atoms with Gasteiger partial charge in [-0.2, -0.15) is 5.26 Å². The Bertz CT molecular complexity index is 393. The summed E-state index contributed by atoms with van der Waals surface area (Å²) >= 11 is 5.90. The van der Waals surface area contributed by atoms with Crippen molar-refractivity contribution in [3.05, 3.63) is 23.0 Å². The quantitative estimate of drug-likeness (QED) is 0.802. The van der Waals surface area contributed by atoms with Gasteiger partial charge in [-0.15, -0.1) is 0 Å². The molecule has 1 N–H and O–H groups in total. The third kappa shape index (κ3) is 3.10. The maximum atomic E-state index is 8.88. The molecule has 0 amide bonds. The Morgan fingerprint density at radius 3 is 2.80 bits per heavy atom. The van der Waals surface area contributed by atoms with Crippen molar-refractivity contribution in [3.8, 4) is 6.07 Å². The van der Waals surface area contributed by atoms with Crippen LogP contribution in [0.1, 0.15) is 26.3 Å². The largest absolute Gasteiger partial charge is 0.367 e. The second-order valence-electron chi connectivity index (χ2n) is 3.89. The summed E-state index contributed by atoms with van der Waals surface area (Å²) in [5, 5.41) is 12.5. The van der Waals surface area contributed by atoms with Gasteiger partial charge in [-0.25, -0.2) is 4.98 Å². The van der Waals surface area contributed by atoms with Crippen LogP contribution < -0.4 is 5.32 Å². The fraction of sp³-hybridized carbons (Fsp3) is 0.455. The molecular weight excluding hydrogens is 210 g/mol. The molecule has 0 unspecified atom stereocenters. The molecule has 0 aliphatic rings. The number of nitriles is 1. The molecule has 80 valence electrons. The van der Waals surface area contributed by atoms with E-state index in [0.717, 1.165) is 17.7 Å². The van der Waals surface area contributed by atoms with Crippen LogP contribution in [0.25, 0.3) is 0 Å². The number of hydrogen-bond donors (Lipinski definition) is 1. The molecule has 0 saturated heterocycles. The minimum Gasteiger partial charge on any atom is -0.367 e. The first-order chi connectivity index (χ1) is 6.98. The number of nitrogens with zero attached hydrogens (tertiary/aromatic N) is 2. The van der Waals surface area contributed by atoms with Crippen LogP contribution in [0.3, 0.4) is 0 Å². The normalized spacial score (nSPS) is 10.9. The second kappa shape index (κ2) is 4.50. The van der Waals surface area contributed by atoms with Crippen LogP contribution in [-0.2, 0) is 6.42 Å².